The van der Waals surface area contributed by atoms with Crippen LogP contribution in [0.25, 0.3) is 10.9 Å². The summed E-state index contributed by atoms with van der Waals surface area (Å²) < 4.78 is 28.5. The number of hydrogen-bond donors (Lipinski definition) is 1. The number of rotatable bonds is 3. The van der Waals surface area contributed by atoms with Gasteiger partial charge in [-0.2, -0.15) is 0 Å². The first kappa shape index (κ1) is 13.3. The van der Waals surface area contributed by atoms with Crippen LogP contribution < -0.4 is 0 Å². The molecule has 0 saturated carbocycles. The van der Waals surface area contributed by atoms with Gasteiger partial charge in [0.25, 0.3) is 0 Å². The summed E-state index contributed by atoms with van der Waals surface area (Å²) in [4.78, 5) is 11.3. The van der Waals surface area contributed by atoms with Crippen LogP contribution in [0, 0.1) is 11.6 Å². The van der Waals surface area contributed by atoms with Gasteiger partial charge in [-0.05, 0) is 30.3 Å². The largest absolute Gasteiger partial charge is 0.477 e. The molecule has 0 radical (unpaired) electrons. The summed E-state index contributed by atoms with van der Waals surface area (Å²) in [6.07, 6.45) is 0. The van der Waals surface area contributed by atoms with Gasteiger partial charge in [0.1, 0.15) is 17.3 Å². The van der Waals surface area contributed by atoms with Crippen molar-refractivity contribution in [3.63, 3.8) is 0 Å². The predicted molar refractivity (Wildman–Crippen MR) is 74.4 cm³/mol. The molecule has 3 nitrogen and oxygen atoms in total. The Hall–Kier alpha value is -2.69. The molecule has 0 saturated heterocycles. The highest BCUT2D eigenvalue weighted by atomic mass is 19.1. The molecule has 0 unspecified atom stereocenters. The van der Waals surface area contributed by atoms with Gasteiger partial charge in [-0.3, -0.25) is 0 Å². The topological polar surface area (TPSA) is 42.2 Å². The summed E-state index contributed by atoms with van der Waals surface area (Å²) in [6.45, 7) is -0.0429. The number of benzene rings is 2. The third-order valence-electron chi connectivity index (χ3n) is 3.37. The maximum absolute atomic E-state index is 13.8. The van der Waals surface area contributed by atoms with Gasteiger partial charge in [0.2, 0.25) is 0 Å². The maximum atomic E-state index is 13.8. The van der Waals surface area contributed by atoms with E-state index in [1.165, 1.54) is 10.6 Å². The standard InChI is InChI=1S/C16H11F2NO2/c17-12-5-6-13(18)11(7-12)9-19-14-4-2-1-3-10(14)8-15(19)16(20)21/h1-8H,9H2,(H,20,21). The number of para-hydroxylation sites is 1. The molecule has 0 spiro atoms. The van der Waals surface area contributed by atoms with Crippen molar-refractivity contribution in [1.29, 1.82) is 0 Å². The Balaban J connectivity index is 2.17. The highest BCUT2D eigenvalue weighted by molar-refractivity contribution is 5.94. The number of carbonyl (C=O) groups is 1. The van der Waals surface area contributed by atoms with Crippen LogP contribution in [0.15, 0.2) is 48.5 Å². The van der Waals surface area contributed by atoms with Crippen LogP contribution >= 0.6 is 0 Å². The molecule has 1 N–H and O–H groups in total. The lowest BCUT2D eigenvalue weighted by atomic mass is 10.2. The van der Waals surface area contributed by atoms with E-state index in [-0.39, 0.29) is 17.8 Å². The van der Waals surface area contributed by atoms with E-state index in [9.17, 15) is 18.7 Å². The summed E-state index contributed by atoms with van der Waals surface area (Å²) in [7, 11) is 0. The molecule has 1 heterocycles. The molecule has 5 heteroatoms. The molecule has 2 aromatic carbocycles. The van der Waals surface area contributed by atoms with Crippen LogP contribution in [-0.2, 0) is 6.54 Å². The minimum Gasteiger partial charge on any atom is -0.477 e. The number of hydrogen-bond acceptors (Lipinski definition) is 1. The average molecular weight is 287 g/mol. The number of halogens is 2. The molecular formula is C16H11F2NO2. The number of nitrogens with zero attached hydrogens (tertiary/aromatic N) is 1. The third-order valence-corrected chi connectivity index (χ3v) is 3.37. The van der Waals surface area contributed by atoms with Crippen molar-refractivity contribution in [2.75, 3.05) is 0 Å². The van der Waals surface area contributed by atoms with E-state index in [0.29, 0.717) is 5.52 Å². The van der Waals surface area contributed by atoms with Crippen molar-refractivity contribution in [2.45, 2.75) is 6.54 Å². The lowest BCUT2D eigenvalue weighted by Crippen LogP contribution is -2.10. The van der Waals surface area contributed by atoms with Crippen molar-refractivity contribution < 1.29 is 18.7 Å². The quantitative estimate of drug-likeness (QED) is 0.798. The zero-order valence-corrected chi connectivity index (χ0v) is 10.9. The average Bonchev–Trinajstić information content (AvgIpc) is 2.82. The lowest BCUT2D eigenvalue weighted by Gasteiger charge is -2.09. The first-order valence-electron chi connectivity index (χ1n) is 6.32. The molecule has 21 heavy (non-hydrogen) atoms. The Morgan fingerprint density at radius 3 is 2.62 bits per heavy atom. The molecule has 0 fully saturated rings. The highest BCUT2D eigenvalue weighted by Gasteiger charge is 2.16. The summed E-state index contributed by atoms with van der Waals surface area (Å²) in [5.41, 5.74) is 0.817. The molecule has 0 bridgehead atoms. The van der Waals surface area contributed by atoms with E-state index in [0.717, 1.165) is 23.6 Å². The molecule has 0 aliphatic carbocycles. The molecular weight excluding hydrogens is 276 g/mol. The Morgan fingerprint density at radius 1 is 1.10 bits per heavy atom. The van der Waals surface area contributed by atoms with Crippen molar-refractivity contribution in [2.24, 2.45) is 0 Å². The normalized spacial score (nSPS) is 11.0. The first-order valence-corrected chi connectivity index (χ1v) is 6.32. The number of aromatic carboxylic acids is 1. The summed E-state index contributed by atoms with van der Waals surface area (Å²) in [5, 5.41) is 10.0. The van der Waals surface area contributed by atoms with Crippen LogP contribution in [0.5, 0.6) is 0 Å². The van der Waals surface area contributed by atoms with E-state index < -0.39 is 17.6 Å². The van der Waals surface area contributed by atoms with Crippen LogP contribution in [0.1, 0.15) is 16.1 Å². The molecule has 0 aliphatic rings. The van der Waals surface area contributed by atoms with E-state index in [1.54, 1.807) is 24.3 Å². The van der Waals surface area contributed by atoms with Gasteiger partial charge in [0.05, 0.1) is 6.54 Å². The minimum absolute atomic E-state index is 0.0415. The van der Waals surface area contributed by atoms with Crippen molar-refractivity contribution >= 4 is 16.9 Å². The predicted octanol–water partition coefficient (Wildman–Crippen LogP) is 3.67. The molecule has 0 atom stereocenters. The second-order valence-electron chi connectivity index (χ2n) is 4.72. The summed E-state index contributed by atoms with van der Waals surface area (Å²) in [6, 6.07) is 11.8. The second-order valence-corrected chi connectivity index (χ2v) is 4.72. The molecule has 3 aromatic rings. The fraction of sp³-hybridized carbons (Fsp3) is 0.0625. The Bertz CT molecular complexity index is 839. The van der Waals surface area contributed by atoms with Gasteiger partial charge in [0.15, 0.2) is 0 Å². The number of carboxylic acids is 1. The Kier molecular flexibility index (Phi) is 3.17. The van der Waals surface area contributed by atoms with Gasteiger partial charge < -0.3 is 9.67 Å². The van der Waals surface area contributed by atoms with Gasteiger partial charge in [-0.1, -0.05) is 18.2 Å². The Morgan fingerprint density at radius 2 is 1.86 bits per heavy atom. The van der Waals surface area contributed by atoms with Crippen molar-refractivity contribution in [1.82, 2.24) is 4.57 Å². The smallest absolute Gasteiger partial charge is 0.352 e. The van der Waals surface area contributed by atoms with Gasteiger partial charge in [-0.15, -0.1) is 0 Å². The van der Waals surface area contributed by atoms with Crippen LogP contribution in [0.3, 0.4) is 0 Å². The van der Waals surface area contributed by atoms with Crippen LogP contribution in [-0.4, -0.2) is 15.6 Å². The van der Waals surface area contributed by atoms with Crippen molar-refractivity contribution in [3.05, 3.63) is 71.4 Å². The first-order chi connectivity index (χ1) is 10.1. The second kappa shape index (κ2) is 5.01. The van der Waals surface area contributed by atoms with E-state index in [2.05, 4.69) is 0 Å². The van der Waals surface area contributed by atoms with Gasteiger partial charge in [-0.25, -0.2) is 13.6 Å². The zero-order valence-electron chi connectivity index (χ0n) is 10.9. The lowest BCUT2D eigenvalue weighted by molar-refractivity contribution is 0.0686. The fourth-order valence-electron chi connectivity index (χ4n) is 2.39. The maximum Gasteiger partial charge on any atom is 0.352 e. The van der Waals surface area contributed by atoms with Crippen LogP contribution in [0.4, 0.5) is 8.78 Å². The zero-order chi connectivity index (χ0) is 15.0. The molecule has 106 valence electrons. The molecule has 1 aromatic heterocycles. The third kappa shape index (κ3) is 2.38. The van der Waals surface area contributed by atoms with Gasteiger partial charge >= 0.3 is 5.97 Å². The molecule has 0 aliphatic heterocycles. The van der Waals surface area contributed by atoms with E-state index >= 15 is 0 Å². The fourth-order valence-corrected chi connectivity index (χ4v) is 2.39. The van der Waals surface area contributed by atoms with Crippen molar-refractivity contribution in [3.8, 4) is 0 Å². The Labute approximate surface area is 119 Å². The van der Waals surface area contributed by atoms with E-state index in [1.807, 2.05) is 0 Å². The SMILES string of the molecule is O=C(O)c1cc2ccccc2n1Cc1cc(F)ccc1F. The molecule has 0 amide bonds. The monoisotopic (exact) mass is 287 g/mol. The number of carboxylic acid groups (broad SMARTS) is 1. The number of fused-ring (bicyclic) bond motifs is 1. The van der Waals surface area contributed by atoms with Gasteiger partial charge in [0, 0.05) is 16.5 Å². The number of aromatic nitrogens is 1. The minimum atomic E-state index is -1.11. The molecule has 3 rings (SSSR count). The summed E-state index contributed by atoms with van der Waals surface area (Å²) >= 11 is 0. The highest BCUT2D eigenvalue weighted by Crippen LogP contribution is 2.22. The summed E-state index contributed by atoms with van der Waals surface area (Å²) in [5.74, 6) is -2.23. The van der Waals surface area contributed by atoms with Crippen LogP contribution in [0.2, 0.25) is 0 Å². The van der Waals surface area contributed by atoms with E-state index in [4.69, 9.17) is 0 Å².